The molecule has 1 aromatic carbocycles. The molecule has 0 spiro atoms. The zero-order valence-electron chi connectivity index (χ0n) is 16.0. The molecule has 6 N–H and O–H groups in total. The van der Waals surface area contributed by atoms with Crippen LogP contribution in [0.15, 0.2) is 42.7 Å². The lowest BCUT2D eigenvalue weighted by atomic mass is 10.1. The van der Waals surface area contributed by atoms with E-state index in [0.29, 0.717) is 31.1 Å². The number of nitrogens with two attached hydrogens (primary N) is 2. The summed E-state index contributed by atoms with van der Waals surface area (Å²) in [4.78, 5) is 24.7. The second kappa shape index (κ2) is 8.76. The van der Waals surface area contributed by atoms with Crippen molar-refractivity contribution in [3.63, 3.8) is 0 Å². The highest BCUT2D eigenvalue weighted by atomic mass is 16.5. The molecule has 3 aromatic rings. The molecule has 1 fully saturated rings. The second-order valence-corrected chi connectivity index (χ2v) is 6.75. The quantitative estimate of drug-likeness (QED) is 0.456. The van der Waals surface area contributed by atoms with Crippen LogP contribution in [0.3, 0.4) is 0 Å². The molecule has 3 heterocycles. The maximum Gasteiger partial charge on any atom is 0.273 e. The van der Waals surface area contributed by atoms with Crippen molar-refractivity contribution in [1.29, 1.82) is 0 Å². The Morgan fingerprint density at radius 3 is 2.77 bits per heavy atom. The van der Waals surface area contributed by atoms with Crippen molar-refractivity contribution in [3.05, 3.63) is 48.4 Å². The number of hydrogen-bond donors (Lipinski definition) is 4. The molecule has 2 aromatic heterocycles. The third-order valence-electron chi connectivity index (χ3n) is 4.58. The van der Waals surface area contributed by atoms with Crippen LogP contribution in [0.4, 0.5) is 17.5 Å². The van der Waals surface area contributed by atoms with Gasteiger partial charge in [-0.2, -0.15) is 4.98 Å². The zero-order chi connectivity index (χ0) is 20.9. The van der Waals surface area contributed by atoms with Crippen LogP contribution in [0.2, 0.25) is 0 Å². The Labute approximate surface area is 172 Å². The summed E-state index contributed by atoms with van der Waals surface area (Å²) in [5.41, 5.74) is 12.9. The van der Waals surface area contributed by atoms with Crippen LogP contribution in [0.1, 0.15) is 16.9 Å². The van der Waals surface area contributed by atoms with E-state index in [9.17, 15) is 4.79 Å². The number of amides is 1. The van der Waals surface area contributed by atoms with Crippen molar-refractivity contribution in [3.8, 4) is 11.4 Å². The molecule has 11 heteroatoms. The number of aromatic nitrogens is 5. The predicted molar refractivity (Wildman–Crippen MR) is 110 cm³/mol. The number of rotatable bonds is 6. The molecule has 30 heavy (non-hydrogen) atoms. The van der Waals surface area contributed by atoms with Gasteiger partial charge in [0.05, 0.1) is 6.61 Å². The fraction of sp³-hybridized carbons (Fsp3) is 0.263. The minimum Gasteiger partial charge on any atom is -0.380 e. The minimum absolute atomic E-state index is 0.0635. The SMILES string of the molecule is NC(=O)c1nnc(N[C@@H]2CCOC[C@@H]2N)nc1Nc1cccc(-c2ncccn2)c1. The van der Waals surface area contributed by atoms with Gasteiger partial charge >= 0.3 is 0 Å². The third kappa shape index (κ3) is 4.47. The molecule has 0 unspecified atom stereocenters. The van der Waals surface area contributed by atoms with Gasteiger partial charge in [-0.3, -0.25) is 4.79 Å². The number of ether oxygens (including phenoxy) is 1. The Balaban J connectivity index is 1.60. The smallest absolute Gasteiger partial charge is 0.273 e. The van der Waals surface area contributed by atoms with Gasteiger partial charge in [0.2, 0.25) is 5.95 Å². The number of anilines is 3. The zero-order valence-corrected chi connectivity index (χ0v) is 16.0. The van der Waals surface area contributed by atoms with Crippen LogP contribution < -0.4 is 22.1 Å². The normalized spacial score (nSPS) is 18.6. The first-order chi connectivity index (χ1) is 14.6. The number of carbonyl (C=O) groups excluding carboxylic acids is 1. The number of nitrogens with one attached hydrogen (secondary N) is 2. The highest BCUT2D eigenvalue weighted by Gasteiger charge is 2.24. The van der Waals surface area contributed by atoms with Crippen LogP contribution in [-0.4, -0.2) is 56.4 Å². The molecular weight excluding hydrogens is 386 g/mol. The topological polar surface area (TPSA) is 167 Å². The van der Waals surface area contributed by atoms with E-state index in [1.165, 1.54) is 0 Å². The largest absolute Gasteiger partial charge is 0.380 e. The highest BCUT2D eigenvalue weighted by molar-refractivity contribution is 5.96. The van der Waals surface area contributed by atoms with Gasteiger partial charge in [0.1, 0.15) is 0 Å². The molecule has 1 amide bonds. The second-order valence-electron chi connectivity index (χ2n) is 6.75. The van der Waals surface area contributed by atoms with Crippen molar-refractivity contribution in [2.45, 2.75) is 18.5 Å². The number of primary amides is 1. The molecule has 0 radical (unpaired) electrons. The van der Waals surface area contributed by atoms with E-state index >= 15 is 0 Å². The van der Waals surface area contributed by atoms with E-state index < -0.39 is 5.91 Å². The number of nitrogens with zero attached hydrogens (tertiary/aromatic N) is 5. The van der Waals surface area contributed by atoms with Gasteiger partial charge in [-0.1, -0.05) is 12.1 Å². The Kier molecular flexibility index (Phi) is 5.72. The van der Waals surface area contributed by atoms with Gasteiger partial charge in [-0.15, -0.1) is 10.2 Å². The molecule has 0 aliphatic carbocycles. The Bertz CT molecular complexity index is 1030. The van der Waals surface area contributed by atoms with E-state index in [1.807, 2.05) is 24.3 Å². The van der Waals surface area contributed by atoms with E-state index in [2.05, 4.69) is 35.8 Å². The molecule has 1 aliphatic rings. The lowest BCUT2D eigenvalue weighted by Crippen LogP contribution is -2.48. The van der Waals surface area contributed by atoms with Crippen molar-refractivity contribution < 1.29 is 9.53 Å². The maximum absolute atomic E-state index is 11.8. The lowest BCUT2D eigenvalue weighted by Gasteiger charge is -2.29. The van der Waals surface area contributed by atoms with Gasteiger partial charge in [-0.25, -0.2) is 9.97 Å². The summed E-state index contributed by atoms with van der Waals surface area (Å²) in [5, 5.41) is 14.1. The van der Waals surface area contributed by atoms with Crippen LogP contribution in [-0.2, 0) is 4.74 Å². The van der Waals surface area contributed by atoms with E-state index in [0.717, 1.165) is 5.56 Å². The molecule has 154 valence electrons. The first-order valence-electron chi connectivity index (χ1n) is 9.39. The lowest BCUT2D eigenvalue weighted by molar-refractivity contribution is 0.0751. The highest BCUT2D eigenvalue weighted by Crippen LogP contribution is 2.23. The van der Waals surface area contributed by atoms with Crippen LogP contribution in [0.5, 0.6) is 0 Å². The van der Waals surface area contributed by atoms with Crippen molar-refractivity contribution in [2.75, 3.05) is 23.8 Å². The molecule has 4 rings (SSSR count). The third-order valence-corrected chi connectivity index (χ3v) is 4.58. The molecule has 1 aliphatic heterocycles. The molecule has 0 bridgehead atoms. The fourth-order valence-electron chi connectivity index (χ4n) is 3.07. The van der Waals surface area contributed by atoms with Crippen molar-refractivity contribution in [2.24, 2.45) is 11.5 Å². The Morgan fingerprint density at radius 2 is 2.00 bits per heavy atom. The number of carbonyl (C=O) groups is 1. The monoisotopic (exact) mass is 407 g/mol. The van der Waals surface area contributed by atoms with Gasteiger partial charge in [0, 0.05) is 42.3 Å². The predicted octanol–water partition coefficient (Wildman–Crippen LogP) is 0.699. The summed E-state index contributed by atoms with van der Waals surface area (Å²) in [6.45, 7) is 1.04. The van der Waals surface area contributed by atoms with E-state index in [1.54, 1.807) is 18.5 Å². The van der Waals surface area contributed by atoms with Crippen LogP contribution in [0, 0.1) is 0 Å². The first-order valence-corrected chi connectivity index (χ1v) is 9.39. The van der Waals surface area contributed by atoms with Crippen molar-refractivity contribution in [1.82, 2.24) is 25.1 Å². The number of benzene rings is 1. The average molecular weight is 407 g/mol. The molecular formula is C19H21N9O2. The van der Waals surface area contributed by atoms with E-state index in [-0.39, 0.29) is 29.5 Å². The number of hydrogen-bond acceptors (Lipinski definition) is 10. The van der Waals surface area contributed by atoms with Gasteiger partial charge in [-0.05, 0) is 24.6 Å². The molecule has 0 saturated carbocycles. The summed E-state index contributed by atoms with van der Waals surface area (Å²) in [5.74, 6) is 0.265. The van der Waals surface area contributed by atoms with Crippen LogP contribution >= 0.6 is 0 Å². The Morgan fingerprint density at radius 1 is 1.17 bits per heavy atom. The minimum atomic E-state index is -0.741. The molecule has 2 atom stereocenters. The standard InChI is InChI=1S/C19H21N9O2/c20-13-10-30-8-5-14(13)25-19-26-18(15(16(21)29)27-28-19)24-12-4-1-3-11(9-12)17-22-6-2-7-23-17/h1-4,6-7,9,13-14H,5,8,10,20H2,(H2,21,29)(H2,24,25,26,28)/t13-,14+/m0/s1. The van der Waals surface area contributed by atoms with E-state index in [4.69, 9.17) is 16.2 Å². The van der Waals surface area contributed by atoms with Crippen molar-refractivity contribution >= 4 is 23.4 Å². The fourth-order valence-corrected chi connectivity index (χ4v) is 3.07. The summed E-state index contributed by atoms with van der Waals surface area (Å²) < 4.78 is 5.35. The van der Waals surface area contributed by atoms with Gasteiger partial charge < -0.3 is 26.8 Å². The Hall–Kier alpha value is -3.70. The summed E-state index contributed by atoms with van der Waals surface area (Å²) in [6, 6.07) is 8.87. The molecule has 1 saturated heterocycles. The summed E-state index contributed by atoms with van der Waals surface area (Å²) in [7, 11) is 0. The van der Waals surface area contributed by atoms with Gasteiger partial charge in [0.15, 0.2) is 17.3 Å². The summed E-state index contributed by atoms with van der Waals surface area (Å²) >= 11 is 0. The molecule has 11 nitrogen and oxygen atoms in total. The maximum atomic E-state index is 11.8. The first kappa shape index (κ1) is 19.6. The summed E-state index contributed by atoms with van der Waals surface area (Å²) in [6.07, 6.45) is 4.05. The van der Waals surface area contributed by atoms with Crippen LogP contribution in [0.25, 0.3) is 11.4 Å². The average Bonchev–Trinajstić information content (AvgIpc) is 2.76. The van der Waals surface area contributed by atoms with Gasteiger partial charge in [0.25, 0.3) is 5.91 Å².